The first kappa shape index (κ1) is 23.9. The Balaban J connectivity index is 0.00000160. The molecule has 3 aromatic rings. The fourth-order valence-corrected chi connectivity index (χ4v) is 4.00. The summed E-state index contributed by atoms with van der Waals surface area (Å²) in [6, 6.07) is 20.6. The van der Waals surface area contributed by atoms with Crippen molar-refractivity contribution in [1.29, 1.82) is 0 Å². The van der Waals surface area contributed by atoms with E-state index in [0.29, 0.717) is 25.2 Å². The predicted octanol–water partition coefficient (Wildman–Crippen LogP) is 4.72. The maximum Gasteiger partial charge on any atom is 0.255 e. The minimum atomic E-state index is 0. The van der Waals surface area contributed by atoms with Crippen LogP contribution in [0.1, 0.15) is 27.4 Å². The number of aromatic nitrogens is 1. The van der Waals surface area contributed by atoms with Gasteiger partial charge in [0.05, 0.1) is 5.56 Å². The Hall–Kier alpha value is -2.40. The van der Waals surface area contributed by atoms with E-state index in [1.54, 1.807) is 12.4 Å². The lowest BCUT2D eigenvalue weighted by molar-refractivity contribution is 0.0786. The highest BCUT2D eigenvalue weighted by molar-refractivity contribution is 5.95. The van der Waals surface area contributed by atoms with Crippen LogP contribution in [0, 0.1) is 12.8 Å². The summed E-state index contributed by atoms with van der Waals surface area (Å²) in [6.07, 6.45) is 3.47. The maximum absolute atomic E-state index is 13.2. The molecule has 6 heteroatoms. The van der Waals surface area contributed by atoms with Gasteiger partial charge in [0.1, 0.15) is 0 Å². The van der Waals surface area contributed by atoms with Crippen LogP contribution in [0.5, 0.6) is 0 Å². The summed E-state index contributed by atoms with van der Waals surface area (Å²) in [4.78, 5) is 19.4. The summed E-state index contributed by atoms with van der Waals surface area (Å²) >= 11 is 0. The number of aryl methyl sites for hydroxylation is 1. The first-order chi connectivity index (χ1) is 13.7. The molecule has 0 radical (unpaired) electrons. The van der Waals surface area contributed by atoms with Crippen LogP contribution in [-0.4, -0.2) is 35.4 Å². The third-order valence-corrected chi connectivity index (χ3v) is 5.63. The van der Waals surface area contributed by atoms with Gasteiger partial charge in [-0.05, 0) is 36.6 Å². The standard InChI is InChI=1S/C24H25N3O.2ClH/c1-17-7-9-18(10-8-17)20-11-21(14-26-13-20)24(28)27-15-22(12-25)23(16-27)19-5-3-2-4-6-19;;/h2-11,13-14,22-23H,12,15-16,25H2,1H3;2*1H/t22-,23+;;/m1../s1. The lowest BCUT2D eigenvalue weighted by Crippen LogP contribution is -2.30. The molecule has 0 spiro atoms. The second kappa shape index (κ2) is 10.6. The molecule has 30 heavy (non-hydrogen) atoms. The Labute approximate surface area is 190 Å². The van der Waals surface area contributed by atoms with Crippen LogP contribution in [0.2, 0.25) is 0 Å². The molecule has 0 saturated carbocycles. The topological polar surface area (TPSA) is 59.2 Å². The fraction of sp³-hybridized carbons (Fsp3) is 0.250. The molecule has 0 aliphatic carbocycles. The molecule has 1 aliphatic heterocycles. The highest BCUT2D eigenvalue weighted by atomic mass is 35.5. The highest BCUT2D eigenvalue weighted by Crippen LogP contribution is 2.33. The van der Waals surface area contributed by atoms with E-state index in [-0.39, 0.29) is 42.6 Å². The average Bonchev–Trinajstić information content (AvgIpc) is 3.19. The first-order valence-electron chi connectivity index (χ1n) is 9.72. The van der Waals surface area contributed by atoms with Gasteiger partial charge in [0.15, 0.2) is 0 Å². The Bertz CT molecular complexity index is 964. The zero-order valence-electron chi connectivity index (χ0n) is 16.9. The van der Waals surface area contributed by atoms with E-state index in [2.05, 4.69) is 48.3 Å². The highest BCUT2D eigenvalue weighted by Gasteiger charge is 2.35. The van der Waals surface area contributed by atoms with Crippen molar-refractivity contribution in [1.82, 2.24) is 9.88 Å². The van der Waals surface area contributed by atoms with Gasteiger partial charge < -0.3 is 10.6 Å². The first-order valence-corrected chi connectivity index (χ1v) is 9.72. The second-order valence-corrected chi connectivity index (χ2v) is 7.55. The summed E-state index contributed by atoms with van der Waals surface area (Å²) < 4.78 is 0. The molecule has 1 aliphatic rings. The molecule has 1 saturated heterocycles. The molecule has 0 unspecified atom stereocenters. The number of nitrogens with two attached hydrogens (primary N) is 1. The van der Waals surface area contributed by atoms with Crippen molar-refractivity contribution in [3.63, 3.8) is 0 Å². The second-order valence-electron chi connectivity index (χ2n) is 7.55. The molecule has 1 fully saturated rings. The number of likely N-dealkylation sites (tertiary alicyclic amines) is 1. The van der Waals surface area contributed by atoms with Gasteiger partial charge in [0.2, 0.25) is 0 Å². The molecule has 2 N–H and O–H groups in total. The summed E-state index contributed by atoms with van der Waals surface area (Å²) in [5, 5.41) is 0. The number of amides is 1. The predicted molar refractivity (Wildman–Crippen MR) is 127 cm³/mol. The third kappa shape index (κ3) is 5.01. The fourth-order valence-electron chi connectivity index (χ4n) is 4.00. The molecule has 1 amide bonds. The molecule has 158 valence electrons. The van der Waals surface area contributed by atoms with E-state index in [4.69, 9.17) is 5.73 Å². The molecular weight excluding hydrogens is 417 g/mol. The Morgan fingerprint density at radius 2 is 1.70 bits per heavy atom. The molecule has 4 rings (SSSR count). The van der Waals surface area contributed by atoms with Crippen molar-refractivity contribution in [3.8, 4) is 11.1 Å². The van der Waals surface area contributed by atoms with Crippen molar-refractivity contribution < 1.29 is 4.79 Å². The zero-order valence-corrected chi connectivity index (χ0v) is 18.5. The summed E-state index contributed by atoms with van der Waals surface area (Å²) in [5.41, 5.74) is 11.1. The molecule has 4 nitrogen and oxygen atoms in total. The third-order valence-electron chi connectivity index (χ3n) is 5.63. The minimum Gasteiger partial charge on any atom is -0.338 e. The average molecular weight is 444 g/mol. The van der Waals surface area contributed by atoms with Gasteiger partial charge in [-0.1, -0.05) is 60.2 Å². The van der Waals surface area contributed by atoms with Gasteiger partial charge in [-0.25, -0.2) is 0 Å². The number of hydrogen-bond acceptors (Lipinski definition) is 3. The van der Waals surface area contributed by atoms with Crippen molar-refractivity contribution >= 4 is 30.7 Å². The van der Waals surface area contributed by atoms with Gasteiger partial charge in [-0.3, -0.25) is 9.78 Å². The SMILES string of the molecule is Cc1ccc(-c2cncc(C(=O)N3C[C@@H](CN)[C@H](c4ccccc4)C3)c2)cc1.Cl.Cl. The molecule has 2 aromatic carbocycles. The van der Waals surface area contributed by atoms with E-state index in [1.165, 1.54) is 11.1 Å². The summed E-state index contributed by atoms with van der Waals surface area (Å²) in [7, 11) is 0. The van der Waals surface area contributed by atoms with Gasteiger partial charge >= 0.3 is 0 Å². The number of rotatable bonds is 4. The Morgan fingerprint density at radius 3 is 2.37 bits per heavy atom. The van der Waals surface area contributed by atoms with Crippen LogP contribution in [-0.2, 0) is 0 Å². The number of carbonyl (C=O) groups excluding carboxylic acids is 1. The van der Waals surface area contributed by atoms with E-state index < -0.39 is 0 Å². The smallest absolute Gasteiger partial charge is 0.255 e. The van der Waals surface area contributed by atoms with Gasteiger partial charge in [-0.2, -0.15) is 0 Å². The Morgan fingerprint density at radius 1 is 1.00 bits per heavy atom. The molecule has 1 aromatic heterocycles. The van der Waals surface area contributed by atoms with Crippen molar-refractivity contribution in [3.05, 3.63) is 89.7 Å². The molecular formula is C24H27Cl2N3O. The van der Waals surface area contributed by atoms with E-state index in [1.807, 2.05) is 29.2 Å². The van der Waals surface area contributed by atoms with Crippen LogP contribution in [0.25, 0.3) is 11.1 Å². The lowest BCUT2D eigenvalue weighted by Gasteiger charge is -2.17. The van der Waals surface area contributed by atoms with Crippen LogP contribution >= 0.6 is 24.8 Å². The normalized spacial score (nSPS) is 17.7. The van der Waals surface area contributed by atoms with Gasteiger partial charge in [0, 0.05) is 37.0 Å². The van der Waals surface area contributed by atoms with Gasteiger partial charge in [-0.15, -0.1) is 24.8 Å². The van der Waals surface area contributed by atoms with Crippen molar-refractivity contribution in [2.45, 2.75) is 12.8 Å². The minimum absolute atomic E-state index is 0. The van der Waals surface area contributed by atoms with E-state index in [9.17, 15) is 4.79 Å². The van der Waals surface area contributed by atoms with Crippen LogP contribution in [0.3, 0.4) is 0 Å². The molecule has 2 heterocycles. The number of carbonyl (C=O) groups is 1. The van der Waals surface area contributed by atoms with E-state index >= 15 is 0 Å². The number of pyridine rings is 1. The number of halogens is 2. The van der Waals surface area contributed by atoms with Crippen LogP contribution in [0.4, 0.5) is 0 Å². The zero-order chi connectivity index (χ0) is 19.5. The largest absolute Gasteiger partial charge is 0.338 e. The monoisotopic (exact) mass is 443 g/mol. The summed E-state index contributed by atoms with van der Waals surface area (Å²) in [6.45, 7) is 4.01. The number of hydrogen-bond donors (Lipinski definition) is 1. The van der Waals surface area contributed by atoms with Crippen LogP contribution in [0.15, 0.2) is 73.1 Å². The summed E-state index contributed by atoms with van der Waals surface area (Å²) in [5.74, 6) is 0.585. The van der Waals surface area contributed by atoms with Crippen molar-refractivity contribution in [2.75, 3.05) is 19.6 Å². The number of benzene rings is 2. The number of nitrogens with zero attached hydrogens (tertiary/aromatic N) is 2. The van der Waals surface area contributed by atoms with Crippen LogP contribution < -0.4 is 5.73 Å². The quantitative estimate of drug-likeness (QED) is 0.634. The molecule has 0 bridgehead atoms. The lowest BCUT2D eigenvalue weighted by atomic mass is 9.89. The van der Waals surface area contributed by atoms with Gasteiger partial charge in [0.25, 0.3) is 5.91 Å². The van der Waals surface area contributed by atoms with Crippen molar-refractivity contribution in [2.24, 2.45) is 11.7 Å². The van der Waals surface area contributed by atoms with E-state index in [0.717, 1.165) is 11.1 Å². The Kier molecular flexibility index (Phi) is 8.42. The maximum atomic E-state index is 13.2. The molecule has 2 atom stereocenters.